The van der Waals surface area contributed by atoms with Crippen molar-refractivity contribution in [3.8, 4) is 0 Å². The maximum absolute atomic E-state index is 8.95. The Balaban J connectivity index is 3.00. The van der Waals surface area contributed by atoms with E-state index >= 15 is 0 Å². The number of hydrogen-bond donors (Lipinski definition) is 2. The van der Waals surface area contributed by atoms with E-state index in [9.17, 15) is 0 Å². The van der Waals surface area contributed by atoms with E-state index in [1.807, 2.05) is 13.8 Å². The highest BCUT2D eigenvalue weighted by molar-refractivity contribution is 7.99. The summed E-state index contributed by atoms with van der Waals surface area (Å²) < 4.78 is 5.29. The van der Waals surface area contributed by atoms with Crippen LogP contribution in [0.1, 0.15) is 13.8 Å². The maximum Gasteiger partial charge on any atom is 0.0861 e. The number of rotatable bonds is 7. The molecule has 0 saturated heterocycles. The van der Waals surface area contributed by atoms with Gasteiger partial charge in [0.25, 0.3) is 0 Å². The predicted molar refractivity (Wildman–Crippen MR) is 51.5 cm³/mol. The van der Waals surface area contributed by atoms with Gasteiger partial charge < -0.3 is 14.9 Å². The molecule has 0 amide bonds. The van der Waals surface area contributed by atoms with Crippen molar-refractivity contribution in [2.24, 2.45) is 0 Å². The van der Waals surface area contributed by atoms with Gasteiger partial charge in [-0.1, -0.05) is 0 Å². The minimum Gasteiger partial charge on any atom is -0.394 e. The van der Waals surface area contributed by atoms with Crippen molar-refractivity contribution in [3.63, 3.8) is 0 Å². The van der Waals surface area contributed by atoms with E-state index in [0.29, 0.717) is 12.4 Å². The fraction of sp³-hybridized carbons (Fsp3) is 1.00. The van der Waals surface area contributed by atoms with Crippen LogP contribution in [0.2, 0.25) is 0 Å². The Morgan fingerprint density at radius 2 is 2.08 bits per heavy atom. The average molecular weight is 194 g/mol. The van der Waals surface area contributed by atoms with E-state index in [-0.39, 0.29) is 12.7 Å². The molecule has 4 heteroatoms. The summed E-state index contributed by atoms with van der Waals surface area (Å²) in [6.45, 7) is 4.54. The quantitative estimate of drug-likeness (QED) is 0.579. The highest BCUT2D eigenvalue weighted by atomic mass is 32.2. The number of aliphatic hydroxyl groups is 2. The van der Waals surface area contributed by atoms with E-state index in [4.69, 9.17) is 14.9 Å². The van der Waals surface area contributed by atoms with E-state index in [2.05, 4.69) is 0 Å². The van der Waals surface area contributed by atoms with E-state index in [0.717, 1.165) is 5.75 Å². The van der Waals surface area contributed by atoms with Gasteiger partial charge in [-0.25, -0.2) is 0 Å². The first-order chi connectivity index (χ1) is 5.66. The van der Waals surface area contributed by atoms with Gasteiger partial charge in [-0.3, -0.25) is 0 Å². The SMILES string of the molecule is CC(C)OCCSCC(O)CO. The molecule has 0 aliphatic heterocycles. The Morgan fingerprint density at radius 1 is 1.42 bits per heavy atom. The van der Waals surface area contributed by atoms with Crippen LogP contribution in [-0.2, 0) is 4.74 Å². The second-order valence-electron chi connectivity index (χ2n) is 2.83. The zero-order valence-corrected chi connectivity index (χ0v) is 8.51. The number of ether oxygens (including phenoxy) is 1. The highest BCUT2D eigenvalue weighted by Gasteiger charge is 2.01. The standard InChI is InChI=1S/C8H18O3S/c1-7(2)11-3-4-12-6-8(10)5-9/h7-10H,3-6H2,1-2H3. The average Bonchev–Trinajstić information content (AvgIpc) is 2.03. The smallest absolute Gasteiger partial charge is 0.0861 e. The molecule has 0 radical (unpaired) electrons. The molecular weight excluding hydrogens is 176 g/mol. The van der Waals surface area contributed by atoms with Gasteiger partial charge in [0.1, 0.15) is 0 Å². The second kappa shape index (κ2) is 7.86. The lowest BCUT2D eigenvalue weighted by molar-refractivity contribution is 0.0916. The summed E-state index contributed by atoms with van der Waals surface area (Å²) in [5, 5.41) is 17.4. The van der Waals surface area contributed by atoms with Crippen LogP contribution in [0.5, 0.6) is 0 Å². The highest BCUT2D eigenvalue weighted by Crippen LogP contribution is 2.03. The van der Waals surface area contributed by atoms with E-state index in [1.165, 1.54) is 0 Å². The molecule has 0 spiro atoms. The van der Waals surface area contributed by atoms with Crippen molar-refractivity contribution in [2.45, 2.75) is 26.1 Å². The Bertz CT molecular complexity index is 98.3. The van der Waals surface area contributed by atoms with E-state index in [1.54, 1.807) is 11.8 Å². The zero-order chi connectivity index (χ0) is 9.40. The summed E-state index contributed by atoms with van der Waals surface area (Å²) in [5.74, 6) is 1.45. The topological polar surface area (TPSA) is 49.7 Å². The Morgan fingerprint density at radius 3 is 2.58 bits per heavy atom. The minimum absolute atomic E-state index is 0.155. The fourth-order valence-corrected chi connectivity index (χ4v) is 1.37. The maximum atomic E-state index is 8.95. The van der Waals surface area contributed by atoms with Gasteiger partial charge in [0.2, 0.25) is 0 Å². The molecule has 0 aliphatic carbocycles. The molecule has 0 aromatic rings. The van der Waals surface area contributed by atoms with Crippen molar-refractivity contribution < 1.29 is 14.9 Å². The van der Waals surface area contributed by atoms with Gasteiger partial charge in [0.15, 0.2) is 0 Å². The molecule has 1 atom stereocenters. The van der Waals surface area contributed by atoms with Crippen LogP contribution in [0.25, 0.3) is 0 Å². The van der Waals surface area contributed by atoms with Crippen LogP contribution >= 0.6 is 11.8 Å². The lowest BCUT2D eigenvalue weighted by Crippen LogP contribution is -2.16. The summed E-state index contributed by atoms with van der Waals surface area (Å²) in [4.78, 5) is 0. The molecule has 0 aromatic heterocycles. The van der Waals surface area contributed by atoms with Crippen LogP contribution in [0.15, 0.2) is 0 Å². The van der Waals surface area contributed by atoms with Gasteiger partial charge in [-0.05, 0) is 13.8 Å². The van der Waals surface area contributed by atoms with Crippen LogP contribution in [0.3, 0.4) is 0 Å². The monoisotopic (exact) mass is 194 g/mol. The summed E-state index contributed by atoms with van der Waals surface area (Å²) in [5.41, 5.74) is 0. The van der Waals surface area contributed by atoms with Gasteiger partial charge in [0, 0.05) is 11.5 Å². The summed E-state index contributed by atoms with van der Waals surface area (Å²) in [7, 11) is 0. The fourth-order valence-electron chi connectivity index (χ4n) is 0.615. The molecule has 0 bridgehead atoms. The predicted octanol–water partition coefficient (Wildman–Crippen LogP) is 0.498. The summed E-state index contributed by atoms with van der Waals surface area (Å²) in [6.07, 6.45) is -0.317. The minimum atomic E-state index is -0.589. The van der Waals surface area contributed by atoms with Crippen molar-refractivity contribution >= 4 is 11.8 Å². The second-order valence-corrected chi connectivity index (χ2v) is 3.98. The third kappa shape index (κ3) is 8.33. The molecular formula is C8H18O3S. The number of aliphatic hydroxyl groups excluding tert-OH is 2. The molecule has 1 unspecified atom stereocenters. The van der Waals surface area contributed by atoms with Crippen LogP contribution < -0.4 is 0 Å². The Kier molecular flexibility index (Phi) is 8.01. The van der Waals surface area contributed by atoms with Gasteiger partial charge in [-0.15, -0.1) is 0 Å². The summed E-state index contributed by atoms with van der Waals surface area (Å²) >= 11 is 1.59. The van der Waals surface area contributed by atoms with Crippen molar-refractivity contribution in [1.82, 2.24) is 0 Å². The first kappa shape index (κ1) is 12.2. The molecule has 2 N–H and O–H groups in total. The molecule has 0 heterocycles. The van der Waals surface area contributed by atoms with Gasteiger partial charge in [-0.2, -0.15) is 11.8 Å². The van der Waals surface area contributed by atoms with Crippen LogP contribution in [-0.4, -0.2) is 47.1 Å². The van der Waals surface area contributed by atoms with E-state index < -0.39 is 6.10 Å². The molecule has 0 rings (SSSR count). The number of hydrogen-bond acceptors (Lipinski definition) is 4. The third-order valence-corrected chi connectivity index (χ3v) is 2.28. The Hall–Kier alpha value is 0.230. The molecule has 0 saturated carbocycles. The molecule has 0 fully saturated rings. The molecule has 74 valence electrons. The first-order valence-corrected chi connectivity index (χ1v) is 5.30. The van der Waals surface area contributed by atoms with Crippen molar-refractivity contribution in [3.05, 3.63) is 0 Å². The summed E-state index contributed by atoms with van der Waals surface area (Å²) in [6, 6.07) is 0. The van der Waals surface area contributed by atoms with Crippen LogP contribution in [0, 0.1) is 0 Å². The van der Waals surface area contributed by atoms with Crippen molar-refractivity contribution in [2.75, 3.05) is 24.7 Å². The molecule has 12 heavy (non-hydrogen) atoms. The first-order valence-electron chi connectivity index (χ1n) is 4.15. The van der Waals surface area contributed by atoms with Crippen LogP contribution in [0.4, 0.5) is 0 Å². The molecule has 0 aromatic carbocycles. The Labute approximate surface area is 78.1 Å². The lowest BCUT2D eigenvalue weighted by atomic mass is 10.4. The lowest BCUT2D eigenvalue weighted by Gasteiger charge is -2.08. The normalized spacial score (nSPS) is 13.8. The van der Waals surface area contributed by atoms with Gasteiger partial charge in [0.05, 0.1) is 25.4 Å². The van der Waals surface area contributed by atoms with Gasteiger partial charge >= 0.3 is 0 Å². The molecule has 3 nitrogen and oxygen atoms in total. The number of thioether (sulfide) groups is 1. The molecule has 0 aliphatic rings. The van der Waals surface area contributed by atoms with Crippen molar-refractivity contribution in [1.29, 1.82) is 0 Å². The zero-order valence-electron chi connectivity index (χ0n) is 7.69. The largest absolute Gasteiger partial charge is 0.394 e. The third-order valence-electron chi connectivity index (χ3n) is 1.20.